The molecule has 3 nitrogen and oxygen atoms in total. The summed E-state index contributed by atoms with van der Waals surface area (Å²) in [5.74, 6) is 1.32. The third-order valence-electron chi connectivity index (χ3n) is 4.12. The van der Waals surface area contributed by atoms with Gasteiger partial charge >= 0.3 is 5.97 Å². The molecule has 2 rings (SSSR count). The summed E-state index contributed by atoms with van der Waals surface area (Å²) >= 11 is 0. The molecule has 2 aliphatic rings. The molecule has 0 aromatic rings. The molecular weight excluding hydrogens is 202 g/mol. The lowest BCUT2D eigenvalue weighted by Crippen LogP contribution is -2.41. The maximum absolute atomic E-state index is 11.0. The van der Waals surface area contributed by atoms with Gasteiger partial charge in [0.1, 0.15) is 6.04 Å². The number of carbonyl (C=O) groups is 1. The fourth-order valence-electron chi connectivity index (χ4n) is 2.71. The summed E-state index contributed by atoms with van der Waals surface area (Å²) in [5, 5.41) is 12.4. The van der Waals surface area contributed by atoms with E-state index < -0.39 is 5.97 Å². The number of aliphatic carboxylic acids is 1. The molecule has 0 bridgehead atoms. The van der Waals surface area contributed by atoms with Crippen molar-refractivity contribution in [2.75, 3.05) is 6.54 Å². The van der Waals surface area contributed by atoms with Crippen LogP contribution in [0.2, 0.25) is 0 Å². The van der Waals surface area contributed by atoms with Crippen molar-refractivity contribution in [3.63, 3.8) is 0 Å². The summed E-state index contributed by atoms with van der Waals surface area (Å²) < 4.78 is 0. The van der Waals surface area contributed by atoms with Gasteiger partial charge in [0.05, 0.1) is 0 Å². The van der Waals surface area contributed by atoms with Crippen molar-refractivity contribution in [2.24, 2.45) is 17.8 Å². The highest BCUT2D eigenvalue weighted by molar-refractivity contribution is 5.74. The lowest BCUT2D eigenvalue weighted by atomic mass is 9.83. The molecule has 0 amide bonds. The van der Waals surface area contributed by atoms with E-state index in [1.54, 1.807) is 0 Å². The Kier molecular flexibility index (Phi) is 3.85. The molecule has 92 valence electrons. The molecule has 3 heteroatoms. The normalized spacial score (nSPS) is 32.3. The highest BCUT2D eigenvalue weighted by atomic mass is 16.4. The minimum Gasteiger partial charge on any atom is -0.480 e. The maximum atomic E-state index is 11.0. The minimum atomic E-state index is -0.660. The molecule has 0 saturated heterocycles. The van der Waals surface area contributed by atoms with Crippen LogP contribution in [0.1, 0.15) is 45.4 Å². The van der Waals surface area contributed by atoms with Crippen molar-refractivity contribution in [1.82, 2.24) is 5.32 Å². The monoisotopic (exact) mass is 225 g/mol. The molecule has 0 aromatic carbocycles. The standard InChI is InChI=1S/C13H23NO2/c1-9-2-4-10(5-3-9)8-14-12(13(15)16)11-6-7-11/h9-12,14H,2-8H2,1H3,(H,15,16). The summed E-state index contributed by atoms with van der Waals surface area (Å²) in [6.45, 7) is 3.22. The molecule has 1 unspecified atom stereocenters. The average Bonchev–Trinajstić information content (AvgIpc) is 3.05. The number of rotatable bonds is 5. The molecule has 0 aromatic heterocycles. The highest BCUT2D eigenvalue weighted by Gasteiger charge is 2.36. The molecule has 0 aliphatic heterocycles. The Morgan fingerprint density at radius 3 is 2.38 bits per heavy atom. The zero-order valence-electron chi connectivity index (χ0n) is 10.1. The molecule has 1 atom stereocenters. The Labute approximate surface area is 97.6 Å². The first-order valence-electron chi connectivity index (χ1n) is 6.63. The van der Waals surface area contributed by atoms with Gasteiger partial charge in [-0.25, -0.2) is 0 Å². The van der Waals surface area contributed by atoms with Gasteiger partial charge in [0.2, 0.25) is 0 Å². The Morgan fingerprint density at radius 2 is 1.88 bits per heavy atom. The topological polar surface area (TPSA) is 49.3 Å². The van der Waals surface area contributed by atoms with Crippen molar-refractivity contribution in [3.05, 3.63) is 0 Å². The lowest BCUT2D eigenvalue weighted by Gasteiger charge is -2.27. The summed E-state index contributed by atoms with van der Waals surface area (Å²) in [4.78, 5) is 11.0. The molecule has 16 heavy (non-hydrogen) atoms. The van der Waals surface area contributed by atoms with Crippen molar-refractivity contribution >= 4 is 5.97 Å². The van der Waals surface area contributed by atoms with E-state index in [1.807, 2.05) is 0 Å². The molecule has 0 radical (unpaired) electrons. The number of carboxylic acid groups (broad SMARTS) is 1. The van der Waals surface area contributed by atoms with Crippen molar-refractivity contribution in [1.29, 1.82) is 0 Å². The molecule has 2 fully saturated rings. The van der Waals surface area contributed by atoms with E-state index in [9.17, 15) is 4.79 Å². The van der Waals surface area contributed by atoms with Crippen LogP contribution in [-0.4, -0.2) is 23.7 Å². The van der Waals surface area contributed by atoms with Crippen LogP contribution < -0.4 is 5.32 Å². The van der Waals surface area contributed by atoms with E-state index in [4.69, 9.17) is 5.11 Å². The third-order valence-corrected chi connectivity index (χ3v) is 4.12. The predicted octanol–water partition coefficient (Wildman–Crippen LogP) is 2.27. The predicted molar refractivity (Wildman–Crippen MR) is 63.3 cm³/mol. The highest BCUT2D eigenvalue weighted by Crippen LogP contribution is 2.33. The first-order chi connectivity index (χ1) is 7.66. The smallest absolute Gasteiger partial charge is 0.320 e. The van der Waals surface area contributed by atoms with E-state index in [1.165, 1.54) is 25.7 Å². The average molecular weight is 225 g/mol. The molecular formula is C13H23NO2. The zero-order valence-corrected chi connectivity index (χ0v) is 10.1. The molecule has 0 heterocycles. The SMILES string of the molecule is CC1CCC(CNC(C(=O)O)C2CC2)CC1. The number of carboxylic acids is 1. The maximum Gasteiger partial charge on any atom is 0.320 e. The summed E-state index contributed by atoms with van der Waals surface area (Å²) in [6.07, 6.45) is 7.34. The first kappa shape index (κ1) is 11.9. The lowest BCUT2D eigenvalue weighted by molar-refractivity contribution is -0.140. The van der Waals surface area contributed by atoms with Gasteiger partial charge in [-0.1, -0.05) is 19.8 Å². The van der Waals surface area contributed by atoms with Crippen LogP contribution in [0, 0.1) is 17.8 Å². The van der Waals surface area contributed by atoms with Crippen LogP contribution in [0.15, 0.2) is 0 Å². The van der Waals surface area contributed by atoms with Crippen molar-refractivity contribution in [3.8, 4) is 0 Å². The van der Waals surface area contributed by atoms with E-state index in [-0.39, 0.29) is 6.04 Å². The van der Waals surface area contributed by atoms with Gasteiger partial charge in [-0.2, -0.15) is 0 Å². The van der Waals surface area contributed by atoms with Crippen LogP contribution in [-0.2, 0) is 4.79 Å². The molecule has 2 saturated carbocycles. The number of hydrogen-bond donors (Lipinski definition) is 2. The van der Waals surface area contributed by atoms with Gasteiger partial charge in [-0.15, -0.1) is 0 Å². The second-order valence-electron chi connectivity index (χ2n) is 5.69. The number of nitrogens with one attached hydrogen (secondary N) is 1. The Morgan fingerprint density at radius 1 is 1.25 bits per heavy atom. The summed E-state index contributed by atoms with van der Waals surface area (Å²) in [6, 6.07) is -0.278. The fourth-order valence-corrected chi connectivity index (χ4v) is 2.71. The van der Waals surface area contributed by atoms with Crippen LogP contribution in [0.4, 0.5) is 0 Å². The molecule has 2 aliphatic carbocycles. The largest absolute Gasteiger partial charge is 0.480 e. The summed E-state index contributed by atoms with van der Waals surface area (Å²) in [7, 11) is 0. The van der Waals surface area contributed by atoms with E-state index in [0.717, 1.165) is 25.3 Å². The van der Waals surface area contributed by atoms with E-state index in [2.05, 4.69) is 12.2 Å². The second-order valence-corrected chi connectivity index (χ2v) is 5.69. The Hall–Kier alpha value is -0.570. The van der Waals surface area contributed by atoms with Crippen LogP contribution >= 0.6 is 0 Å². The van der Waals surface area contributed by atoms with Gasteiger partial charge in [-0.05, 0) is 50.0 Å². The fraction of sp³-hybridized carbons (Fsp3) is 0.923. The first-order valence-corrected chi connectivity index (χ1v) is 6.63. The van der Waals surface area contributed by atoms with Crippen LogP contribution in [0.3, 0.4) is 0 Å². The Balaban J connectivity index is 1.71. The Bertz CT molecular complexity index is 242. The van der Waals surface area contributed by atoms with Gasteiger partial charge < -0.3 is 10.4 Å². The van der Waals surface area contributed by atoms with Gasteiger partial charge in [0.15, 0.2) is 0 Å². The van der Waals surface area contributed by atoms with Gasteiger partial charge in [-0.3, -0.25) is 4.79 Å². The van der Waals surface area contributed by atoms with Crippen LogP contribution in [0.25, 0.3) is 0 Å². The molecule has 0 spiro atoms. The van der Waals surface area contributed by atoms with Gasteiger partial charge in [0.25, 0.3) is 0 Å². The van der Waals surface area contributed by atoms with Gasteiger partial charge in [0, 0.05) is 0 Å². The quantitative estimate of drug-likeness (QED) is 0.754. The second kappa shape index (κ2) is 5.17. The van der Waals surface area contributed by atoms with E-state index >= 15 is 0 Å². The summed E-state index contributed by atoms with van der Waals surface area (Å²) in [5.41, 5.74) is 0. The van der Waals surface area contributed by atoms with Crippen LogP contribution in [0.5, 0.6) is 0 Å². The number of hydrogen-bond acceptors (Lipinski definition) is 2. The zero-order chi connectivity index (χ0) is 11.5. The minimum absolute atomic E-state index is 0.278. The third kappa shape index (κ3) is 3.21. The van der Waals surface area contributed by atoms with Crippen molar-refractivity contribution < 1.29 is 9.90 Å². The van der Waals surface area contributed by atoms with Crippen molar-refractivity contribution in [2.45, 2.75) is 51.5 Å². The van der Waals surface area contributed by atoms with E-state index in [0.29, 0.717) is 11.8 Å². The molecule has 2 N–H and O–H groups in total.